The molecule has 1 aliphatic carbocycles. The highest BCUT2D eigenvalue weighted by Crippen LogP contribution is 2.32. The van der Waals surface area contributed by atoms with Crippen molar-refractivity contribution in [2.24, 2.45) is 0 Å². The molecular weight excluding hydrogens is 212 g/mol. The van der Waals surface area contributed by atoms with Crippen LogP contribution >= 0.6 is 0 Å². The maximum Gasteiger partial charge on any atom is 0.350 e. The molecule has 1 fully saturated rings. The summed E-state index contributed by atoms with van der Waals surface area (Å²) < 4.78 is 6.56. The first-order valence-electron chi connectivity index (χ1n) is 4.91. The first-order chi connectivity index (χ1) is 7.61. The van der Waals surface area contributed by atoms with Gasteiger partial charge in [0.05, 0.1) is 11.0 Å². The van der Waals surface area contributed by atoms with Crippen molar-refractivity contribution in [3.05, 3.63) is 16.3 Å². The van der Waals surface area contributed by atoms with Crippen molar-refractivity contribution in [3.8, 4) is 11.9 Å². The Morgan fingerprint density at radius 3 is 3.00 bits per heavy atom. The Bertz CT molecular complexity index is 458. The maximum atomic E-state index is 10.7. The molecule has 7 heteroatoms. The smallest absolute Gasteiger partial charge is 0.350 e. The van der Waals surface area contributed by atoms with Crippen molar-refractivity contribution in [3.63, 3.8) is 0 Å². The van der Waals surface area contributed by atoms with Crippen LogP contribution in [0.3, 0.4) is 0 Å². The zero-order chi connectivity index (χ0) is 11.7. The number of nitro groups is 1. The second kappa shape index (κ2) is 3.81. The van der Waals surface area contributed by atoms with Gasteiger partial charge in [0.15, 0.2) is 0 Å². The standard InChI is InChI=1S/C9H10N4O3/c1-6(4-10)12-5-8(13(14)15)9(11-12)16-7-2-3-7/h5-7H,2-3H2,1H3. The fourth-order valence-electron chi connectivity index (χ4n) is 1.18. The summed E-state index contributed by atoms with van der Waals surface area (Å²) in [5.74, 6) is 0.00889. The summed E-state index contributed by atoms with van der Waals surface area (Å²) in [6.07, 6.45) is 3.07. The predicted octanol–water partition coefficient (Wildman–Crippen LogP) is 1.42. The van der Waals surface area contributed by atoms with Gasteiger partial charge in [-0.15, -0.1) is 5.10 Å². The molecule has 0 radical (unpaired) electrons. The van der Waals surface area contributed by atoms with E-state index in [4.69, 9.17) is 10.00 Å². The van der Waals surface area contributed by atoms with Crippen molar-refractivity contribution in [2.45, 2.75) is 31.9 Å². The lowest BCUT2D eigenvalue weighted by molar-refractivity contribution is -0.386. The van der Waals surface area contributed by atoms with E-state index in [1.165, 1.54) is 10.9 Å². The number of hydrogen-bond donors (Lipinski definition) is 0. The fraction of sp³-hybridized carbons (Fsp3) is 0.556. The second-order valence-corrected chi connectivity index (χ2v) is 3.68. The Morgan fingerprint density at radius 2 is 2.50 bits per heavy atom. The Hall–Kier alpha value is -2.10. The minimum absolute atomic E-state index is 0.00889. The van der Waals surface area contributed by atoms with Crippen molar-refractivity contribution in [1.82, 2.24) is 9.78 Å². The Labute approximate surface area is 91.4 Å². The molecule has 0 aromatic carbocycles. The number of nitrogens with zero attached hydrogens (tertiary/aromatic N) is 4. The lowest BCUT2D eigenvalue weighted by Gasteiger charge is -2.00. The highest BCUT2D eigenvalue weighted by molar-refractivity contribution is 5.39. The summed E-state index contributed by atoms with van der Waals surface area (Å²) in [6.45, 7) is 1.61. The molecule has 1 aliphatic rings. The lowest BCUT2D eigenvalue weighted by atomic mass is 10.4. The minimum Gasteiger partial charge on any atom is -0.468 e. The monoisotopic (exact) mass is 222 g/mol. The molecule has 0 saturated heterocycles. The van der Waals surface area contributed by atoms with Gasteiger partial charge in [-0.2, -0.15) is 5.26 Å². The summed E-state index contributed by atoms with van der Waals surface area (Å²) in [4.78, 5) is 10.2. The van der Waals surface area contributed by atoms with Crippen LogP contribution < -0.4 is 4.74 Å². The van der Waals surface area contributed by atoms with Crippen LogP contribution in [0, 0.1) is 21.4 Å². The number of hydrogen-bond acceptors (Lipinski definition) is 5. The van der Waals surface area contributed by atoms with Crippen LogP contribution in [0.4, 0.5) is 5.69 Å². The predicted molar refractivity (Wildman–Crippen MR) is 52.9 cm³/mol. The summed E-state index contributed by atoms with van der Waals surface area (Å²) >= 11 is 0. The molecular formula is C9H10N4O3. The van der Waals surface area contributed by atoms with Gasteiger partial charge in [-0.05, 0) is 19.8 Å². The van der Waals surface area contributed by atoms with Gasteiger partial charge in [-0.3, -0.25) is 10.1 Å². The van der Waals surface area contributed by atoms with E-state index in [2.05, 4.69) is 5.10 Å². The van der Waals surface area contributed by atoms with E-state index in [-0.39, 0.29) is 17.7 Å². The molecule has 1 atom stereocenters. The highest BCUT2D eigenvalue weighted by atomic mass is 16.6. The molecule has 0 spiro atoms. The average Bonchev–Trinajstić information content (AvgIpc) is 2.94. The van der Waals surface area contributed by atoms with Crippen LogP contribution in [-0.4, -0.2) is 20.8 Å². The van der Waals surface area contributed by atoms with Crippen LogP contribution in [0.1, 0.15) is 25.8 Å². The first kappa shape index (κ1) is 10.4. The van der Waals surface area contributed by atoms with Gasteiger partial charge in [0.2, 0.25) is 0 Å². The highest BCUT2D eigenvalue weighted by Gasteiger charge is 2.30. The van der Waals surface area contributed by atoms with Gasteiger partial charge in [-0.25, -0.2) is 4.68 Å². The fourth-order valence-corrected chi connectivity index (χ4v) is 1.18. The molecule has 16 heavy (non-hydrogen) atoms. The minimum atomic E-state index is -0.550. The Morgan fingerprint density at radius 1 is 1.81 bits per heavy atom. The molecule has 0 N–H and O–H groups in total. The molecule has 0 bridgehead atoms. The van der Waals surface area contributed by atoms with Crippen molar-refractivity contribution in [2.75, 3.05) is 0 Å². The first-order valence-corrected chi connectivity index (χ1v) is 4.91. The van der Waals surface area contributed by atoms with Crippen LogP contribution in [0.5, 0.6) is 5.88 Å². The van der Waals surface area contributed by atoms with E-state index >= 15 is 0 Å². The zero-order valence-corrected chi connectivity index (χ0v) is 8.66. The number of rotatable bonds is 4. The third-order valence-corrected chi connectivity index (χ3v) is 2.26. The number of nitriles is 1. The Kier molecular flexibility index (Phi) is 2.48. The van der Waals surface area contributed by atoms with E-state index in [0.717, 1.165) is 12.8 Å². The van der Waals surface area contributed by atoms with Gasteiger partial charge in [0.25, 0.3) is 0 Å². The van der Waals surface area contributed by atoms with Crippen LogP contribution in [0.25, 0.3) is 0 Å². The number of ether oxygens (including phenoxy) is 1. The molecule has 1 aromatic rings. The molecule has 2 rings (SSSR count). The van der Waals surface area contributed by atoms with Gasteiger partial charge >= 0.3 is 11.6 Å². The Balaban J connectivity index is 2.29. The van der Waals surface area contributed by atoms with Crippen LogP contribution in [0.15, 0.2) is 6.20 Å². The van der Waals surface area contributed by atoms with Gasteiger partial charge < -0.3 is 4.74 Å². The molecule has 1 aromatic heterocycles. The number of aromatic nitrogens is 2. The van der Waals surface area contributed by atoms with Crippen LogP contribution in [0.2, 0.25) is 0 Å². The SMILES string of the molecule is CC(C#N)n1cc([N+](=O)[O-])c(OC2CC2)n1. The molecule has 7 nitrogen and oxygen atoms in total. The lowest BCUT2D eigenvalue weighted by Crippen LogP contribution is -2.04. The zero-order valence-electron chi connectivity index (χ0n) is 8.66. The largest absolute Gasteiger partial charge is 0.468 e. The third-order valence-electron chi connectivity index (χ3n) is 2.26. The quantitative estimate of drug-likeness (QED) is 0.567. The average molecular weight is 222 g/mol. The van der Waals surface area contributed by atoms with Crippen molar-refractivity contribution >= 4 is 5.69 Å². The molecule has 1 saturated carbocycles. The van der Waals surface area contributed by atoms with E-state index < -0.39 is 11.0 Å². The van der Waals surface area contributed by atoms with Crippen LogP contribution in [-0.2, 0) is 0 Å². The third kappa shape index (κ3) is 1.95. The van der Waals surface area contributed by atoms with Crippen molar-refractivity contribution in [1.29, 1.82) is 5.26 Å². The van der Waals surface area contributed by atoms with E-state index in [1.54, 1.807) is 6.92 Å². The summed E-state index contributed by atoms with van der Waals surface area (Å²) in [7, 11) is 0. The van der Waals surface area contributed by atoms with Crippen molar-refractivity contribution < 1.29 is 9.66 Å². The molecule has 84 valence electrons. The molecule has 0 aliphatic heterocycles. The van der Waals surface area contributed by atoms with E-state index in [0.29, 0.717) is 0 Å². The van der Waals surface area contributed by atoms with Gasteiger partial charge in [0.1, 0.15) is 18.3 Å². The molecule has 0 amide bonds. The van der Waals surface area contributed by atoms with E-state index in [1.807, 2.05) is 6.07 Å². The van der Waals surface area contributed by atoms with E-state index in [9.17, 15) is 10.1 Å². The summed E-state index contributed by atoms with van der Waals surface area (Å²) in [5, 5.41) is 23.3. The van der Waals surface area contributed by atoms with Gasteiger partial charge in [0, 0.05) is 0 Å². The molecule has 1 unspecified atom stereocenters. The maximum absolute atomic E-state index is 10.7. The molecule has 1 heterocycles. The summed E-state index contributed by atoms with van der Waals surface area (Å²) in [6, 6.07) is 1.41. The normalized spacial score (nSPS) is 16.5. The summed E-state index contributed by atoms with van der Waals surface area (Å²) in [5.41, 5.74) is -0.186. The topological polar surface area (TPSA) is 94.0 Å². The second-order valence-electron chi connectivity index (χ2n) is 3.68. The van der Waals surface area contributed by atoms with Gasteiger partial charge in [-0.1, -0.05) is 0 Å².